The molecular formula is C13H18BrN3O. The monoisotopic (exact) mass is 311 g/mol. The van der Waals surface area contributed by atoms with E-state index in [9.17, 15) is 4.79 Å². The van der Waals surface area contributed by atoms with Crippen LogP contribution in [-0.4, -0.2) is 43.5 Å². The third-order valence-corrected chi connectivity index (χ3v) is 4.11. The van der Waals surface area contributed by atoms with Crippen LogP contribution in [0.4, 0.5) is 5.69 Å². The molecule has 1 amide bonds. The molecule has 0 aliphatic carbocycles. The van der Waals surface area contributed by atoms with Crippen LogP contribution < -0.4 is 10.6 Å². The molecular weight excluding hydrogens is 294 g/mol. The van der Waals surface area contributed by atoms with E-state index in [1.54, 1.807) is 0 Å². The molecule has 1 aliphatic heterocycles. The molecule has 1 saturated heterocycles. The average Bonchev–Trinajstić information content (AvgIpc) is 2.20. The molecule has 0 bridgehead atoms. The highest BCUT2D eigenvalue weighted by Gasteiger charge is 2.22. The van der Waals surface area contributed by atoms with Gasteiger partial charge in [-0.15, -0.1) is 0 Å². The van der Waals surface area contributed by atoms with Crippen molar-refractivity contribution in [2.75, 3.05) is 32.0 Å². The molecule has 2 rings (SSSR count). The molecule has 1 aromatic carbocycles. The normalized spacial score (nSPS) is 15.6. The average molecular weight is 312 g/mol. The first-order valence-electron chi connectivity index (χ1n) is 6.03. The van der Waals surface area contributed by atoms with E-state index in [-0.39, 0.29) is 5.91 Å². The van der Waals surface area contributed by atoms with Crippen molar-refractivity contribution in [1.82, 2.24) is 10.2 Å². The van der Waals surface area contributed by atoms with Gasteiger partial charge >= 0.3 is 0 Å². The first-order chi connectivity index (χ1) is 8.56. The van der Waals surface area contributed by atoms with Crippen molar-refractivity contribution in [3.05, 3.63) is 28.2 Å². The predicted molar refractivity (Wildman–Crippen MR) is 76.8 cm³/mol. The van der Waals surface area contributed by atoms with Gasteiger partial charge in [-0.05, 0) is 37.7 Å². The molecule has 5 heteroatoms. The standard InChI is InChI=1S/C13H18BrN3O/c1-9-5-10(3-4-12(9)14)16-13(18)8-17(2)11-6-15-7-11/h3-5,11,15H,6-8H2,1-2H3,(H,16,18). The summed E-state index contributed by atoms with van der Waals surface area (Å²) in [6.45, 7) is 4.38. The van der Waals surface area contributed by atoms with Crippen molar-refractivity contribution in [3.63, 3.8) is 0 Å². The Bertz CT molecular complexity index is 446. The summed E-state index contributed by atoms with van der Waals surface area (Å²) in [4.78, 5) is 14.0. The number of likely N-dealkylation sites (N-methyl/N-ethyl adjacent to an activating group) is 1. The lowest BCUT2D eigenvalue weighted by Gasteiger charge is -2.35. The lowest BCUT2D eigenvalue weighted by Crippen LogP contribution is -2.57. The van der Waals surface area contributed by atoms with E-state index in [2.05, 4.69) is 31.5 Å². The molecule has 0 radical (unpaired) electrons. The van der Waals surface area contributed by atoms with Gasteiger partial charge in [-0.2, -0.15) is 0 Å². The number of aryl methyl sites for hydroxylation is 1. The van der Waals surface area contributed by atoms with Crippen molar-refractivity contribution in [3.8, 4) is 0 Å². The molecule has 0 unspecified atom stereocenters. The number of nitrogens with zero attached hydrogens (tertiary/aromatic N) is 1. The summed E-state index contributed by atoms with van der Waals surface area (Å²) >= 11 is 3.44. The van der Waals surface area contributed by atoms with Crippen LogP contribution in [0.3, 0.4) is 0 Å². The van der Waals surface area contributed by atoms with E-state index in [1.807, 2.05) is 32.2 Å². The molecule has 1 fully saturated rings. The third kappa shape index (κ3) is 3.31. The molecule has 1 aromatic rings. The van der Waals surface area contributed by atoms with Crippen molar-refractivity contribution < 1.29 is 4.79 Å². The second-order valence-corrected chi connectivity index (χ2v) is 5.59. The number of amides is 1. The molecule has 0 aromatic heterocycles. The fraction of sp³-hybridized carbons (Fsp3) is 0.462. The summed E-state index contributed by atoms with van der Waals surface area (Å²) in [5.74, 6) is 0.0334. The maximum absolute atomic E-state index is 11.9. The van der Waals surface area contributed by atoms with E-state index in [0.717, 1.165) is 28.8 Å². The Balaban J connectivity index is 1.88. The van der Waals surface area contributed by atoms with Gasteiger partial charge in [0.05, 0.1) is 6.54 Å². The van der Waals surface area contributed by atoms with Crippen molar-refractivity contribution in [1.29, 1.82) is 0 Å². The number of rotatable bonds is 4. The van der Waals surface area contributed by atoms with Gasteiger partial charge in [-0.1, -0.05) is 15.9 Å². The van der Waals surface area contributed by atoms with Gasteiger partial charge in [0.25, 0.3) is 0 Å². The molecule has 4 nitrogen and oxygen atoms in total. The summed E-state index contributed by atoms with van der Waals surface area (Å²) < 4.78 is 1.05. The van der Waals surface area contributed by atoms with E-state index in [0.29, 0.717) is 12.6 Å². The maximum Gasteiger partial charge on any atom is 0.238 e. The Morgan fingerprint density at radius 2 is 2.28 bits per heavy atom. The zero-order valence-corrected chi connectivity index (χ0v) is 12.3. The van der Waals surface area contributed by atoms with Crippen LogP contribution in [0.15, 0.2) is 22.7 Å². The summed E-state index contributed by atoms with van der Waals surface area (Å²) in [7, 11) is 1.98. The first kappa shape index (κ1) is 13.5. The van der Waals surface area contributed by atoms with Crippen LogP contribution in [0.2, 0.25) is 0 Å². The van der Waals surface area contributed by atoms with E-state index >= 15 is 0 Å². The summed E-state index contributed by atoms with van der Waals surface area (Å²) in [5.41, 5.74) is 1.96. The number of anilines is 1. The van der Waals surface area contributed by atoms with Crippen LogP contribution in [0.25, 0.3) is 0 Å². The Labute approximate surface area is 116 Å². The minimum Gasteiger partial charge on any atom is -0.325 e. The highest BCUT2D eigenvalue weighted by atomic mass is 79.9. The minimum atomic E-state index is 0.0334. The van der Waals surface area contributed by atoms with E-state index in [4.69, 9.17) is 0 Å². The molecule has 2 N–H and O–H groups in total. The molecule has 0 spiro atoms. The number of nitrogens with one attached hydrogen (secondary N) is 2. The second-order valence-electron chi connectivity index (χ2n) is 4.74. The van der Waals surface area contributed by atoms with Crippen LogP contribution in [-0.2, 0) is 4.79 Å². The zero-order valence-electron chi connectivity index (χ0n) is 10.7. The number of benzene rings is 1. The number of hydrogen-bond acceptors (Lipinski definition) is 3. The van der Waals surface area contributed by atoms with E-state index < -0.39 is 0 Å². The number of carbonyl (C=O) groups is 1. The SMILES string of the molecule is Cc1cc(NC(=O)CN(C)C2CNC2)ccc1Br. The van der Waals surface area contributed by atoms with Gasteiger partial charge in [-0.25, -0.2) is 0 Å². The molecule has 1 heterocycles. The van der Waals surface area contributed by atoms with Crippen molar-refractivity contribution >= 4 is 27.5 Å². The quantitative estimate of drug-likeness (QED) is 0.888. The lowest BCUT2D eigenvalue weighted by atomic mass is 10.1. The van der Waals surface area contributed by atoms with Gasteiger partial charge in [0.1, 0.15) is 0 Å². The highest BCUT2D eigenvalue weighted by Crippen LogP contribution is 2.19. The zero-order chi connectivity index (χ0) is 13.1. The molecule has 1 aliphatic rings. The van der Waals surface area contributed by atoms with Gasteiger partial charge in [-0.3, -0.25) is 9.69 Å². The first-order valence-corrected chi connectivity index (χ1v) is 6.82. The van der Waals surface area contributed by atoms with Crippen LogP contribution in [0.5, 0.6) is 0 Å². The topological polar surface area (TPSA) is 44.4 Å². The van der Waals surface area contributed by atoms with Crippen LogP contribution in [0, 0.1) is 6.92 Å². The fourth-order valence-corrected chi connectivity index (χ4v) is 2.11. The van der Waals surface area contributed by atoms with Crippen molar-refractivity contribution in [2.24, 2.45) is 0 Å². The van der Waals surface area contributed by atoms with E-state index in [1.165, 1.54) is 0 Å². The Morgan fingerprint density at radius 1 is 1.56 bits per heavy atom. The molecule has 98 valence electrons. The van der Waals surface area contributed by atoms with Gasteiger partial charge < -0.3 is 10.6 Å². The predicted octanol–water partition coefficient (Wildman–Crippen LogP) is 1.60. The van der Waals surface area contributed by atoms with Crippen LogP contribution in [0.1, 0.15) is 5.56 Å². The maximum atomic E-state index is 11.9. The minimum absolute atomic E-state index is 0.0334. The Hall–Kier alpha value is -0.910. The second kappa shape index (κ2) is 5.82. The Kier molecular flexibility index (Phi) is 4.37. The van der Waals surface area contributed by atoms with Gasteiger partial charge in [0.2, 0.25) is 5.91 Å². The number of hydrogen-bond donors (Lipinski definition) is 2. The Morgan fingerprint density at radius 3 is 2.83 bits per heavy atom. The van der Waals surface area contributed by atoms with Crippen LogP contribution >= 0.6 is 15.9 Å². The third-order valence-electron chi connectivity index (χ3n) is 3.22. The molecule has 0 saturated carbocycles. The highest BCUT2D eigenvalue weighted by molar-refractivity contribution is 9.10. The fourth-order valence-electron chi connectivity index (χ4n) is 1.86. The molecule has 18 heavy (non-hydrogen) atoms. The lowest BCUT2D eigenvalue weighted by molar-refractivity contribution is -0.117. The van der Waals surface area contributed by atoms with Crippen molar-refractivity contribution in [2.45, 2.75) is 13.0 Å². The van der Waals surface area contributed by atoms with Gasteiger partial charge in [0.15, 0.2) is 0 Å². The largest absolute Gasteiger partial charge is 0.325 e. The summed E-state index contributed by atoms with van der Waals surface area (Å²) in [6.07, 6.45) is 0. The summed E-state index contributed by atoms with van der Waals surface area (Å²) in [5, 5.41) is 6.12. The smallest absolute Gasteiger partial charge is 0.238 e. The van der Waals surface area contributed by atoms with Gasteiger partial charge in [0, 0.05) is 29.3 Å². The number of carbonyl (C=O) groups excluding carboxylic acids is 1. The molecule has 0 atom stereocenters. The number of halogens is 1. The summed E-state index contributed by atoms with van der Waals surface area (Å²) in [6, 6.07) is 6.31.